The molecule has 5 heteroatoms. The van der Waals surface area contributed by atoms with Crippen molar-refractivity contribution in [3.8, 4) is 11.4 Å². The molecule has 5 nitrogen and oxygen atoms in total. The Bertz CT molecular complexity index is 542. The number of benzene rings is 1. The molecule has 94 valence electrons. The van der Waals surface area contributed by atoms with Crippen molar-refractivity contribution in [3.05, 3.63) is 30.6 Å². The maximum atomic E-state index is 5.81. The van der Waals surface area contributed by atoms with E-state index in [1.807, 2.05) is 23.7 Å². The molecule has 1 saturated carbocycles. The van der Waals surface area contributed by atoms with Gasteiger partial charge in [-0.3, -0.25) is 0 Å². The second kappa shape index (κ2) is 4.42. The van der Waals surface area contributed by atoms with E-state index in [4.69, 9.17) is 5.73 Å². The SMILES string of the molecule is Cn1cnnc1-c1ccccc1NC1CC(N)C1. The summed E-state index contributed by atoms with van der Waals surface area (Å²) in [5.74, 6) is 0.877. The van der Waals surface area contributed by atoms with Crippen LogP contribution >= 0.6 is 0 Å². The summed E-state index contributed by atoms with van der Waals surface area (Å²) < 4.78 is 1.92. The van der Waals surface area contributed by atoms with E-state index in [2.05, 4.69) is 27.6 Å². The molecule has 0 radical (unpaired) electrons. The number of anilines is 1. The van der Waals surface area contributed by atoms with Crippen LogP contribution in [0.25, 0.3) is 11.4 Å². The molecule has 0 saturated heterocycles. The van der Waals surface area contributed by atoms with Crippen LogP contribution in [0.4, 0.5) is 5.69 Å². The normalized spacial score (nSPS) is 22.6. The first kappa shape index (κ1) is 11.2. The van der Waals surface area contributed by atoms with E-state index in [0.717, 1.165) is 29.9 Å². The Morgan fingerprint density at radius 1 is 1.33 bits per heavy atom. The molecule has 1 aromatic carbocycles. The highest BCUT2D eigenvalue weighted by atomic mass is 15.2. The van der Waals surface area contributed by atoms with Gasteiger partial charge in [0.2, 0.25) is 0 Å². The summed E-state index contributed by atoms with van der Waals surface area (Å²) in [6.45, 7) is 0. The molecule has 0 amide bonds. The van der Waals surface area contributed by atoms with Gasteiger partial charge in [-0.25, -0.2) is 0 Å². The van der Waals surface area contributed by atoms with Gasteiger partial charge in [0.25, 0.3) is 0 Å². The molecule has 0 atom stereocenters. The molecule has 0 bridgehead atoms. The summed E-state index contributed by atoms with van der Waals surface area (Å²) in [6.07, 6.45) is 3.78. The van der Waals surface area contributed by atoms with Crippen LogP contribution in [0.3, 0.4) is 0 Å². The molecule has 1 aliphatic rings. The molecule has 3 rings (SSSR count). The van der Waals surface area contributed by atoms with E-state index in [0.29, 0.717) is 12.1 Å². The first-order chi connectivity index (χ1) is 8.74. The molecule has 1 aliphatic carbocycles. The molecular weight excluding hydrogens is 226 g/mol. The number of aryl methyl sites for hydroxylation is 1. The van der Waals surface area contributed by atoms with Crippen LogP contribution in [0.15, 0.2) is 30.6 Å². The van der Waals surface area contributed by atoms with Gasteiger partial charge < -0.3 is 15.6 Å². The third kappa shape index (κ3) is 1.97. The Morgan fingerprint density at radius 2 is 2.11 bits per heavy atom. The molecule has 1 fully saturated rings. The highest BCUT2D eigenvalue weighted by Crippen LogP contribution is 2.29. The van der Waals surface area contributed by atoms with E-state index in [1.54, 1.807) is 6.33 Å². The van der Waals surface area contributed by atoms with Gasteiger partial charge in [0.05, 0.1) is 0 Å². The summed E-state index contributed by atoms with van der Waals surface area (Å²) in [6, 6.07) is 9.01. The van der Waals surface area contributed by atoms with Gasteiger partial charge >= 0.3 is 0 Å². The minimum Gasteiger partial charge on any atom is -0.382 e. The Balaban J connectivity index is 1.88. The van der Waals surface area contributed by atoms with Crippen LogP contribution in [0.5, 0.6) is 0 Å². The first-order valence-electron chi connectivity index (χ1n) is 6.19. The largest absolute Gasteiger partial charge is 0.382 e. The Kier molecular flexibility index (Phi) is 2.76. The fourth-order valence-corrected chi connectivity index (χ4v) is 2.33. The van der Waals surface area contributed by atoms with Gasteiger partial charge in [-0.2, -0.15) is 0 Å². The Labute approximate surface area is 106 Å². The standard InChI is InChI=1S/C13H17N5/c1-18-8-15-17-13(18)11-4-2-3-5-12(11)16-10-6-9(14)7-10/h2-5,8-10,16H,6-7,14H2,1H3. The minimum atomic E-state index is 0.351. The summed E-state index contributed by atoms with van der Waals surface area (Å²) in [5, 5.41) is 11.6. The monoisotopic (exact) mass is 243 g/mol. The number of hydrogen-bond donors (Lipinski definition) is 2. The van der Waals surface area contributed by atoms with Gasteiger partial charge in [-0.1, -0.05) is 12.1 Å². The molecular formula is C13H17N5. The molecule has 0 aliphatic heterocycles. The first-order valence-corrected chi connectivity index (χ1v) is 6.19. The maximum absolute atomic E-state index is 5.81. The fourth-order valence-electron chi connectivity index (χ4n) is 2.33. The molecule has 2 aromatic rings. The number of nitrogens with zero attached hydrogens (tertiary/aromatic N) is 3. The summed E-state index contributed by atoms with van der Waals surface area (Å²) >= 11 is 0. The summed E-state index contributed by atoms with van der Waals surface area (Å²) in [7, 11) is 1.95. The number of nitrogens with two attached hydrogens (primary N) is 1. The van der Waals surface area contributed by atoms with Crippen LogP contribution in [0.2, 0.25) is 0 Å². The topological polar surface area (TPSA) is 68.8 Å². The number of hydrogen-bond acceptors (Lipinski definition) is 4. The van der Waals surface area contributed by atoms with Crippen molar-refractivity contribution in [1.82, 2.24) is 14.8 Å². The van der Waals surface area contributed by atoms with Crippen LogP contribution < -0.4 is 11.1 Å². The molecule has 1 aromatic heterocycles. The predicted molar refractivity (Wildman–Crippen MR) is 71.1 cm³/mol. The third-order valence-corrected chi connectivity index (χ3v) is 3.41. The zero-order valence-electron chi connectivity index (χ0n) is 10.4. The minimum absolute atomic E-state index is 0.351. The third-order valence-electron chi connectivity index (χ3n) is 3.41. The van der Waals surface area contributed by atoms with Gasteiger partial charge in [-0.05, 0) is 25.0 Å². The van der Waals surface area contributed by atoms with Gasteiger partial charge in [0.1, 0.15) is 6.33 Å². The van der Waals surface area contributed by atoms with Crippen LogP contribution in [0.1, 0.15) is 12.8 Å². The number of rotatable bonds is 3. The second-order valence-electron chi connectivity index (χ2n) is 4.88. The Morgan fingerprint density at radius 3 is 2.78 bits per heavy atom. The maximum Gasteiger partial charge on any atom is 0.165 e. The zero-order valence-corrected chi connectivity index (χ0v) is 10.4. The number of nitrogens with one attached hydrogen (secondary N) is 1. The van der Waals surface area contributed by atoms with Crippen LogP contribution in [-0.2, 0) is 7.05 Å². The van der Waals surface area contributed by atoms with E-state index in [9.17, 15) is 0 Å². The number of para-hydroxylation sites is 1. The van der Waals surface area contributed by atoms with E-state index in [-0.39, 0.29) is 0 Å². The van der Waals surface area contributed by atoms with Crippen molar-refractivity contribution in [1.29, 1.82) is 0 Å². The average Bonchev–Trinajstić information content (AvgIpc) is 2.74. The second-order valence-corrected chi connectivity index (χ2v) is 4.88. The van der Waals surface area contributed by atoms with Crippen molar-refractivity contribution in [3.63, 3.8) is 0 Å². The van der Waals surface area contributed by atoms with Crippen molar-refractivity contribution in [2.45, 2.75) is 24.9 Å². The van der Waals surface area contributed by atoms with E-state index in [1.165, 1.54) is 0 Å². The molecule has 1 heterocycles. The van der Waals surface area contributed by atoms with Gasteiger partial charge in [0.15, 0.2) is 5.82 Å². The summed E-state index contributed by atoms with van der Waals surface area (Å²) in [5.41, 5.74) is 8.00. The Hall–Kier alpha value is -1.88. The fraction of sp³-hybridized carbons (Fsp3) is 0.385. The molecule has 3 N–H and O–H groups in total. The number of aromatic nitrogens is 3. The van der Waals surface area contributed by atoms with Crippen LogP contribution in [0, 0.1) is 0 Å². The van der Waals surface area contributed by atoms with E-state index < -0.39 is 0 Å². The average molecular weight is 243 g/mol. The van der Waals surface area contributed by atoms with Gasteiger partial charge in [0, 0.05) is 30.4 Å². The highest BCUT2D eigenvalue weighted by molar-refractivity contribution is 5.73. The lowest BCUT2D eigenvalue weighted by molar-refractivity contribution is 0.374. The smallest absolute Gasteiger partial charge is 0.165 e. The van der Waals surface area contributed by atoms with Crippen molar-refractivity contribution < 1.29 is 0 Å². The zero-order chi connectivity index (χ0) is 12.5. The van der Waals surface area contributed by atoms with Crippen molar-refractivity contribution in [2.75, 3.05) is 5.32 Å². The predicted octanol–water partition coefficient (Wildman–Crippen LogP) is 1.38. The lowest BCUT2D eigenvalue weighted by atomic mass is 9.87. The van der Waals surface area contributed by atoms with Gasteiger partial charge in [-0.15, -0.1) is 10.2 Å². The van der Waals surface area contributed by atoms with E-state index >= 15 is 0 Å². The molecule has 18 heavy (non-hydrogen) atoms. The lowest BCUT2D eigenvalue weighted by Crippen LogP contribution is -2.44. The quantitative estimate of drug-likeness (QED) is 0.854. The summed E-state index contributed by atoms with van der Waals surface area (Å²) in [4.78, 5) is 0. The molecule has 0 spiro atoms. The highest BCUT2D eigenvalue weighted by Gasteiger charge is 2.26. The van der Waals surface area contributed by atoms with Crippen molar-refractivity contribution >= 4 is 5.69 Å². The van der Waals surface area contributed by atoms with Crippen LogP contribution in [-0.4, -0.2) is 26.8 Å². The molecule has 0 unspecified atom stereocenters. The van der Waals surface area contributed by atoms with Crippen molar-refractivity contribution in [2.24, 2.45) is 12.8 Å². The lowest BCUT2D eigenvalue weighted by Gasteiger charge is -2.34.